The SMILES string of the molecule is CCCCCCCCCCCCCCOC[C@H]1O[C@H](O[C@H]2O[C@H](CO)[C@@H](O)[C@H](O)[C@H]2O)[C@H](O)[C@@H](O)[C@@H]1O. The van der Waals surface area contributed by atoms with Crippen LogP contribution < -0.4 is 0 Å². The Balaban J connectivity index is 1.64. The van der Waals surface area contributed by atoms with E-state index in [1.54, 1.807) is 0 Å². The van der Waals surface area contributed by atoms with Crippen LogP contribution in [0.5, 0.6) is 0 Å². The number of unbranched alkanes of at least 4 members (excludes halogenated alkanes) is 11. The maximum Gasteiger partial charge on any atom is 0.189 e. The van der Waals surface area contributed by atoms with E-state index >= 15 is 0 Å². The van der Waals surface area contributed by atoms with Crippen molar-refractivity contribution in [2.24, 2.45) is 0 Å². The summed E-state index contributed by atoms with van der Waals surface area (Å²) >= 11 is 0. The minimum atomic E-state index is -1.70. The van der Waals surface area contributed by atoms with Crippen LogP contribution in [0.4, 0.5) is 0 Å². The van der Waals surface area contributed by atoms with Gasteiger partial charge < -0.3 is 54.7 Å². The largest absolute Gasteiger partial charge is 0.394 e. The van der Waals surface area contributed by atoms with E-state index < -0.39 is 68.0 Å². The molecule has 0 aromatic heterocycles. The predicted octanol–water partition coefficient (Wildman–Crippen LogP) is 0.328. The number of aliphatic hydroxyl groups excluding tert-OH is 7. The van der Waals surface area contributed by atoms with E-state index in [4.69, 9.17) is 18.9 Å². The van der Waals surface area contributed by atoms with Gasteiger partial charge in [-0.05, 0) is 6.42 Å². The van der Waals surface area contributed by atoms with Crippen molar-refractivity contribution < 1.29 is 54.7 Å². The van der Waals surface area contributed by atoms with Crippen molar-refractivity contribution in [2.75, 3.05) is 19.8 Å². The summed E-state index contributed by atoms with van der Waals surface area (Å²) in [5, 5.41) is 70.1. The quantitative estimate of drug-likeness (QED) is 0.120. The molecular weight excluding hydrogens is 488 g/mol. The minimum Gasteiger partial charge on any atom is -0.394 e. The molecular formula is C26H50O11. The highest BCUT2D eigenvalue weighted by molar-refractivity contribution is 4.92. The molecule has 2 rings (SSSR count). The summed E-state index contributed by atoms with van der Waals surface area (Å²) < 4.78 is 21.9. The van der Waals surface area contributed by atoms with Crippen LogP contribution in [0.15, 0.2) is 0 Å². The van der Waals surface area contributed by atoms with Crippen molar-refractivity contribution in [3.63, 3.8) is 0 Å². The first kappa shape index (κ1) is 32.8. The Kier molecular flexibility index (Phi) is 16.0. The van der Waals surface area contributed by atoms with Crippen LogP contribution in [0.2, 0.25) is 0 Å². The Bertz CT molecular complexity index is 581. The molecule has 0 aliphatic carbocycles. The summed E-state index contributed by atoms with van der Waals surface area (Å²) in [6.45, 7) is 2.00. The van der Waals surface area contributed by atoms with Crippen molar-refractivity contribution in [1.82, 2.24) is 0 Å². The molecule has 0 saturated carbocycles. The van der Waals surface area contributed by atoms with Crippen LogP contribution in [0.25, 0.3) is 0 Å². The summed E-state index contributed by atoms with van der Waals surface area (Å²) in [5.41, 5.74) is 0. The van der Waals surface area contributed by atoms with Gasteiger partial charge in [0.05, 0.1) is 13.2 Å². The molecule has 2 aliphatic rings. The molecule has 11 nitrogen and oxygen atoms in total. The van der Waals surface area contributed by atoms with Crippen molar-refractivity contribution in [1.29, 1.82) is 0 Å². The minimum absolute atomic E-state index is 0.0441. The van der Waals surface area contributed by atoms with Crippen LogP contribution in [0.3, 0.4) is 0 Å². The lowest BCUT2D eigenvalue weighted by atomic mass is 9.98. The van der Waals surface area contributed by atoms with E-state index in [0.29, 0.717) is 6.61 Å². The Hall–Kier alpha value is -0.440. The molecule has 37 heavy (non-hydrogen) atoms. The first-order valence-electron chi connectivity index (χ1n) is 14.0. The highest BCUT2D eigenvalue weighted by Crippen LogP contribution is 2.28. The lowest BCUT2D eigenvalue weighted by Gasteiger charge is -2.44. The summed E-state index contributed by atoms with van der Waals surface area (Å²) in [7, 11) is 0. The van der Waals surface area contributed by atoms with Gasteiger partial charge in [-0.2, -0.15) is 0 Å². The number of hydrogen-bond acceptors (Lipinski definition) is 11. The second-order valence-electron chi connectivity index (χ2n) is 10.3. The zero-order valence-electron chi connectivity index (χ0n) is 22.1. The van der Waals surface area contributed by atoms with Crippen molar-refractivity contribution in [3.05, 3.63) is 0 Å². The fourth-order valence-corrected chi connectivity index (χ4v) is 4.72. The number of aliphatic hydroxyl groups is 7. The monoisotopic (exact) mass is 538 g/mol. The van der Waals surface area contributed by atoms with Crippen LogP contribution >= 0.6 is 0 Å². The third-order valence-corrected chi connectivity index (χ3v) is 7.21. The van der Waals surface area contributed by atoms with Gasteiger partial charge in [-0.15, -0.1) is 0 Å². The molecule has 2 aliphatic heterocycles. The number of ether oxygens (including phenoxy) is 4. The molecule has 11 heteroatoms. The highest BCUT2D eigenvalue weighted by Gasteiger charge is 2.49. The summed E-state index contributed by atoms with van der Waals surface area (Å²) in [4.78, 5) is 0. The third-order valence-electron chi connectivity index (χ3n) is 7.21. The van der Waals surface area contributed by atoms with Gasteiger partial charge in [0.15, 0.2) is 12.6 Å². The van der Waals surface area contributed by atoms with E-state index in [-0.39, 0.29) is 6.61 Å². The van der Waals surface area contributed by atoms with E-state index in [0.717, 1.165) is 19.3 Å². The molecule has 2 heterocycles. The van der Waals surface area contributed by atoms with Gasteiger partial charge in [0.1, 0.15) is 48.8 Å². The normalized spacial score (nSPS) is 36.6. The van der Waals surface area contributed by atoms with Gasteiger partial charge in [-0.1, -0.05) is 77.6 Å². The molecule has 0 aromatic carbocycles. The van der Waals surface area contributed by atoms with Gasteiger partial charge in [-0.25, -0.2) is 0 Å². The van der Waals surface area contributed by atoms with Crippen LogP contribution in [0, 0.1) is 0 Å². The maximum absolute atomic E-state index is 10.3. The Morgan fingerprint density at radius 1 is 0.541 bits per heavy atom. The Labute approximate surface area is 220 Å². The average molecular weight is 539 g/mol. The standard InChI is InChI=1S/C26H50O11/c1-2-3-4-5-6-7-8-9-10-11-12-13-14-34-16-18-20(29)22(31)24(33)26(36-18)37-25-23(32)21(30)19(28)17(15-27)35-25/h17-33H,2-16H2,1H3/t17-,18-,19-,20-,21+,22+,23-,24-,25-,26-/m1/s1. The Morgan fingerprint density at radius 3 is 1.46 bits per heavy atom. The molecule has 220 valence electrons. The first-order valence-corrected chi connectivity index (χ1v) is 14.0. The molecule has 0 unspecified atom stereocenters. The molecule has 2 fully saturated rings. The molecule has 7 N–H and O–H groups in total. The van der Waals surface area contributed by atoms with Gasteiger partial charge >= 0.3 is 0 Å². The van der Waals surface area contributed by atoms with Gasteiger partial charge in [0.2, 0.25) is 0 Å². The Morgan fingerprint density at radius 2 is 0.973 bits per heavy atom. The van der Waals surface area contributed by atoms with Crippen molar-refractivity contribution >= 4 is 0 Å². The topological polar surface area (TPSA) is 179 Å². The fraction of sp³-hybridized carbons (Fsp3) is 1.00. The fourth-order valence-electron chi connectivity index (χ4n) is 4.72. The van der Waals surface area contributed by atoms with Gasteiger partial charge in [0, 0.05) is 6.61 Å². The summed E-state index contributed by atoms with van der Waals surface area (Å²) in [6.07, 6.45) is -0.139. The van der Waals surface area contributed by atoms with Crippen molar-refractivity contribution in [2.45, 2.75) is 145 Å². The number of hydrogen-bond donors (Lipinski definition) is 7. The summed E-state index contributed by atoms with van der Waals surface area (Å²) in [5.74, 6) is 0. The van der Waals surface area contributed by atoms with Gasteiger partial charge in [0.25, 0.3) is 0 Å². The van der Waals surface area contributed by atoms with Crippen LogP contribution in [0.1, 0.15) is 84.0 Å². The first-order chi connectivity index (χ1) is 17.8. The number of rotatable bonds is 18. The smallest absolute Gasteiger partial charge is 0.189 e. The molecule has 0 bridgehead atoms. The zero-order valence-corrected chi connectivity index (χ0v) is 22.1. The van der Waals surface area contributed by atoms with Crippen molar-refractivity contribution in [3.8, 4) is 0 Å². The average Bonchev–Trinajstić information content (AvgIpc) is 2.90. The van der Waals surface area contributed by atoms with E-state index in [9.17, 15) is 35.7 Å². The lowest BCUT2D eigenvalue weighted by molar-refractivity contribution is -0.377. The molecule has 0 spiro atoms. The maximum atomic E-state index is 10.3. The van der Waals surface area contributed by atoms with E-state index in [1.807, 2.05) is 0 Å². The predicted molar refractivity (Wildman–Crippen MR) is 133 cm³/mol. The molecule has 0 amide bonds. The second-order valence-corrected chi connectivity index (χ2v) is 10.3. The van der Waals surface area contributed by atoms with E-state index in [1.165, 1.54) is 57.8 Å². The van der Waals surface area contributed by atoms with Crippen LogP contribution in [-0.4, -0.2) is 117 Å². The second kappa shape index (κ2) is 18.0. The highest BCUT2D eigenvalue weighted by atomic mass is 16.8. The zero-order chi connectivity index (χ0) is 27.2. The third kappa shape index (κ3) is 10.6. The molecule has 2 saturated heterocycles. The lowest BCUT2D eigenvalue weighted by Crippen LogP contribution is -2.63. The molecule has 0 radical (unpaired) electrons. The molecule has 0 aromatic rings. The molecule has 10 atom stereocenters. The summed E-state index contributed by atoms with van der Waals surface area (Å²) in [6, 6.07) is 0. The van der Waals surface area contributed by atoms with E-state index in [2.05, 4.69) is 6.92 Å². The van der Waals surface area contributed by atoms with Gasteiger partial charge in [-0.3, -0.25) is 0 Å². The van der Waals surface area contributed by atoms with Crippen LogP contribution in [-0.2, 0) is 18.9 Å².